The Morgan fingerprint density at radius 3 is 2.67 bits per heavy atom. The van der Waals surface area contributed by atoms with Gasteiger partial charge in [0.1, 0.15) is 0 Å². The molecule has 0 saturated carbocycles. The minimum atomic E-state index is 0. The molecule has 2 N–H and O–H groups in total. The molecule has 1 aromatic rings. The number of halogens is 1. The molecule has 2 aliphatic rings. The third-order valence-corrected chi connectivity index (χ3v) is 5.17. The van der Waals surface area contributed by atoms with Crippen molar-refractivity contribution in [2.24, 2.45) is 4.99 Å². The van der Waals surface area contributed by atoms with E-state index in [2.05, 4.69) is 51.7 Å². The number of nitrogens with one attached hydrogen (secondary N) is 2. The highest BCUT2D eigenvalue weighted by atomic mass is 127. The second-order valence-corrected chi connectivity index (χ2v) is 6.81. The Labute approximate surface area is 163 Å². The van der Waals surface area contributed by atoms with Crippen LogP contribution >= 0.6 is 24.0 Å². The summed E-state index contributed by atoms with van der Waals surface area (Å²) in [6.07, 6.45) is 4.87. The Balaban J connectivity index is 0.00000208. The summed E-state index contributed by atoms with van der Waals surface area (Å²) in [5.74, 6) is 1.60. The summed E-state index contributed by atoms with van der Waals surface area (Å²) in [6.45, 7) is 6.89. The molecule has 134 valence electrons. The zero-order valence-electron chi connectivity index (χ0n) is 14.9. The van der Waals surface area contributed by atoms with Crippen molar-refractivity contribution in [3.8, 4) is 0 Å². The van der Waals surface area contributed by atoms with E-state index in [4.69, 9.17) is 0 Å². The fourth-order valence-corrected chi connectivity index (χ4v) is 3.77. The molecule has 0 aromatic heterocycles. The van der Waals surface area contributed by atoms with Crippen LogP contribution in [-0.4, -0.2) is 50.1 Å². The first-order valence-electron chi connectivity index (χ1n) is 9.07. The van der Waals surface area contributed by atoms with Crippen molar-refractivity contribution in [1.29, 1.82) is 0 Å². The van der Waals surface area contributed by atoms with Crippen LogP contribution in [0, 0.1) is 0 Å². The number of rotatable bonds is 5. The number of aliphatic imine (C=N–C) groups is 1. The summed E-state index contributed by atoms with van der Waals surface area (Å²) in [4.78, 5) is 6.97. The van der Waals surface area contributed by atoms with E-state index in [-0.39, 0.29) is 24.0 Å². The highest BCUT2D eigenvalue weighted by Crippen LogP contribution is 2.33. The van der Waals surface area contributed by atoms with Crippen molar-refractivity contribution >= 4 is 29.9 Å². The molecule has 1 aromatic carbocycles. The maximum atomic E-state index is 4.40. The Morgan fingerprint density at radius 1 is 1.25 bits per heavy atom. The van der Waals surface area contributed by atoms with E-state index in [9.17, 15) is 0 Å². The van der Waals surface area contributed by atoms with Gasteiger partial charge in [-0.1, -0.05) is 31.2 Å². The predicted octanol–water partition coefficient (Wildman–Crippen LogP) is 2.98. The maximum Gasteiger partial charge on any atom is 0.191 e. The van der Waals surface area contributed by atoms with Gasteiger partial charge in [-0.3, -0.25) is 4.99 Å². The first-order valence-corrected chi connectivity index (χ1v) is 9.07. The monoisotopic (exact) mass is 442 g/mol. The van der Waals surface area contributed by atoms with Gasteiger partial charge in [-0.25, -0.2) is 0 Å². The maximum absolute atomic E-state index is 4.40. The van der Waals surface area contributed by atoms with Crippen molar-refractivity contribution in [1.82, 2.24) is 15.5 Å². The van der Waals surface area contributed by atoms with E-state index < -0.39 is 0 Å². The van der Waals surface area contributed by atoms with Crippen molar-refractivity contribution in [3.05, 3.63) is 35.4 Å². The number of guanidine groups is 1. The number of fused-ring (bicyclic) bond motifs is 1. The van der Waals surface area contributed by atoms with E-state index in [0.717, 1.165) is 12.5 Å². The zero-order valence-corrected chi connectivity index (χ0v) is 17.3. The van der Waals surface area contributed by atoms with Gasteiger partial charge in [-0.2, -0.15) is 0 Å². The van der Waals surface area contributed by atoms with Gasteiger partial charge in [0.2, 0.25) is 0 Å². The van der Waals surface area contributed by atoms with Crippen LogP contribution in [-0.2, 0) is 6.42 Å². The largest absolute Gasteiger partial charge is 0.356 e. The fraction of sp³-hybridized carbons (Fsp3) is 0.632. The average molecular weight is 442 g/mol. The Morgan fingerprint density at radius 2 is 2.00 bits per heavy atom. The van der Waals surface area contributed by atoms with Gasteiger partial charge in [0, 0.05) is 38.6 Å². The van der Waals surface area contributed by atoms with Crippen LogP contribution < -0.4 is 10.6 Å². The molecule has 1 aliphatic heterocycles. The summed E-state index contributed by atoms with van der Waals surface area (Å²) in [7, 11) is 1.87. The van der Waals surface area contributed by atoms with Crippen LogP contribution in [0.5, 0.6) is 0 Å². The topological polar surface area (TPSA) is 39.7 Å². The van der Waals surface area contributed by atoms with Gasteiger partial charge in [0.25, 0.3) is 0 Å². The lowest BCUT2D eigenvalue weighted by molar-refractivity contribution is 0.206. The van der Waals surface area contributed by atoms with Crippen molar-refractivity contribution in [2.75, 3.05) is 33.2 Å². The van der Waals surface area contributed by atoms with E-state index >= 15 is 0 Å². The van der Waals surface area contributed by atoms with Gasteiger partial charge >= 0.3 is 0 Å². The Hall–Kier alpha value is -0.820. The quantitative estimate of drug-likeness (QED) is 0.419. The van der Waals surface area contributed by atoms with Crippen LogP contribution in [0.4, 0.5) is 0 Å². The van der Waals surface area contributed by atoms with E-state index in [1.165, 1.54) is 56.4 Å². The normalized spacial score (nSPS) is 21.4. The van der Waals surface area contributed by atoms with Gasteiger partial charge in [-0.05, 0) is 43.4 Å². The second kappa shape index (κ2) is 9.61. The molecule has 0 radical (unpaired) electrons. The van der Waals surface area contributed by atoms with Crippen molar-refractivity contribution < 1.29 is 0 Å². The second-order valence-electron chi connectivity index (χ2n) is 6.81. The average Bonchev–Trinajstić information content (AvgIpc) is 2.56. The molecule has 1 fully saturated rings. The summed E-state index contributed by atoms with van der Waals surface area (Å²) in [5.41, 5.74) is 3.01. The third-order valence-electron chi connectivity index (χ3n) is 5.17. The number of likely N-dealkylation sites (tertiary alicyclic amines) is 1. The standard InChI is InChI=1S/C19H30N4.HI/c1-3-10-23-11-8-17(9-12-23)22-19(20-2)21-14-16-13-15-6-4-5-7-18(15)16;/h4-7,16-17H,3,8-14H2,1-2H3,(H2,20,21,22);1H. The lowest BCUT2D eigenvalue weighted by Gasteiger charge is -2.34. The number of benzene rings is 1. The highest BCUT2D eigenvalue weighted by Gasteiger charge is 2.25. The lowest BCUT2D eigenvalue weighted by Crippen LogP contribution is -2.49. The molecule has 3 rings (SSSR count). The van der Waals surface area contributed by atoms with Crippen LogP contribution in [0.15, 0.2) is 29.3 Å². The number of nitrogens with zero attached hydrogens (tertiary/aromatic N) is 2. The van der Waals surface area contributed by atoms with Crippen molar-refractivity contribution in [2.45, 2.75) is 44.6 Å². The van der Waals surface area contributed by atoms with Crippen LogP contribution in [0.1, 0.15) is 43.2 Å². The molecule has 1 saturated heterocycles. The van der Waals surface area contributed by atoms with Crippen molar-refractivity contribution in [3.63, 3.8) is 0 Å². The molecule has 0 spiro atoms. The zero-order chi connectivity index (χ0) is 16.1. The molecule has 4 nitrogen and oxygen atoms in total. The van der Waals surface area contributed by atoms with Gasteiger partial charge in [0.15, 0.2) is 5.96 Å². The van der Waals surface area contributed by atoms with Crippen LogP contribution in [0.25, 0.3) is 0 Å². The highest BCUT2D eigenvalue weighted by molar-refractivity contribution is 14.0. The molecule has 1 unspecified atom stereocenters. The molecule has 24 heavy (non-hydrogen) atoms. The summed E-state index contributed by atoms with van der Waals surface area (Å²) in [6, 6.07) is 9.33. The number of hydrogen-bond acceptors (Lipinski definition) is 2. The first kappa shape index (κ1) is 19.5. The van der Waals surface area contributed by atoms with E-state index in [1.54, 1.807) is 0 Å². The molecule has 0 bridgehead atoms. The molecule has 1 aliphatic carbocycles. The summed E-state index contributed by atoms with van der Waals surface area (Å²) in [5, 5.41) is 7.13. The first-order chi connectivity index (χ1) is 11.3. The number of piperidine rings is 1. The summed E-state index contributed by atoms with van der Waals surface area (Å²) >= 11 is 0. The molecule has 1 heterocycles. The third kappa shape index (κ3) is 4.85. The molecular formula is C19H31IN4. The lowest BCUT2D eigenvalue weighted by atomic mass is 9.78. The fourth-order valence-electron chi connectivity index (χ4n) is 3.77. The molecular weight excluding hydrogens is 411 g/mol. The van der Waals surface area contributed by atoms with Gasteiger partial charge in [-0.15, -0.1) is 24.0 Å². The van der Waals surface area contributed by atoms with Gasteiger partial charge in [0.05, 0.1) is 0 Å². The van der Waals surface area contributed by atoms with Gasteiger partial charge < -0.3 is 15.5 Å². The van der Waals surface area contributed by atoms with E-state index in [0.29, 0.717) is 12.0 Å². The molecule has 1 atom stereocenters. The Kier molecular flexibility index (Phi) is 7.81. The van der Waals surface area contributed by atoms with E-state index in [1.807, 2.05) is 7.05 Å². The SMILES string of the molecule is CCCN1CCC(NC(=NC)NCC2Cc3ccccc32)CC1.I. The minimum Gasteiger partial charge on any atom is -0.356 e. The molecule has 0 amide bonds. The van der Waals surface area contributed by atoms with Crippen LogP contribution in [0.3, 0.4) is 0 Å². The predicted molar refractivity (Wildman–Crippen MR) is 113 cm³/mol. The van der Waals surface area contributed by atoms with Crippen LogP contribution in [0.2, 0.25) is 0 Å². The Bertz CT molecular complexity index is 538. The smallest absolute Gasteiger partial charge is 0.191 e. The minimum absolute atomic E-state index is 0. The molecule has 5 heteroatoms. The summed E-state index contributed by atoms with van der Waals surface area (Å²) < 4.78 is 0. The number of hydrogen-bond donors (Lipinski definition) is 2.